The Morgan fingerprint density at radius 3 is 2.40 bits per heavy atom. The van der Waals surface area contributed by atoms with Crippen LogP contribution in [0.25, 0.3) is 22.3 Å². The summed E-state index contributed by atoms with van der Waals surface area (Å²) in [6.07, 6.45) is 1.53. The number of anilines is 2. The molecule has 2 heterocycles. The zero-order chi connectivity index (χ0) is 31.8. The average molecular weight is 616 g/mol. The van der Waals surface area contributed by atoms with Gasteiger partial charge in [-0.15, -0.1) is 0 Å². The zero-order valence-electron chi connectivity index (χ0n) is 25.1. The quantitative estimate of drug-likeness (QED) is 0.120. The first-order chi connectivity index (χ1) is 21.9. The van der Waals surface area contributed by atoms with E-state index in [0.29, 0.717) is 36.6 Å². The third kappa shape index (κ3) is 7.29. The lowest BCUT2D eigenvalue weighted by atomic mass is 9.98. The monoisotopic (exact) mass is 615 g/mol. The van der Waals surface area contributed by atoms with Gasteiger partial charge in [0.25, 0.3) is 0 Å². The Morgan fingerprint density at radius 1 is 1.00 bits per heavy atom. The average Bonchev–Trinajstić information content (AvgIpc) is 3.58. The number of nitrogens with two attached hydrogens (primary N) is 2. The second-order valence-corrected chi connectivity index (χ2v) is 10.4. The van der Waals surface area contributed by atoms with Crippen LogP contribution in [0.1, 0.15) is 30.4 Å². The third-order valence-corrected chi connectivity index (χ3v) is 7.43. The van der Waals surface area contributed by atoms with Crippen molar-refractivity contribution in [1.29, 1.82) is 0 Å². The van der Waals surface area contributed by atoms with Crippen molar-refractivity contribution < 1.29 is 23.9 Å². The molecule has 0 fully saturated rings. The summed E-state index contributed by atoms with van der Waals surface area (Å²) < 4.78 is 12.2. The Labute approximate surface area is 260 Å². The molecule has 236 valence electrons. The van der Waals surface area contributed by atoms with Crippen LogP contribution in [-0.4, -0.2) is 88.3 Å². The second kappa shape index (κ2) is 14.5. The molecule has 1 aliphatic carbocycles. The van der Waals surface area contributed by atoms with Crippen LogP contribution in [0.2, 0.25) is 0 Å². The van der Waals surface area contributed by atoms with Gasteiger partial charge in [0.2, 0.25) is 11.9 Å². The molecule has 45 heavy (non-hydrogen) atoms. The minimum absolute atomic E-state index is 0.0392. The molecule has 0 atom stereocenters. The molecular formula is C31H37N9O5. The summed E-state index contributed by atoms with van der Waals surface area (Å²) in [6.45, 7) is 2.68. The minimum Gasteiger partial charge on any atom is -0.465 e. The topological polar surface area (TPSA) is 193 Å². The molecule has 4 aromatic rings. The Bertz CT molecular complexity index is 1630. The highest BCUT2D eigenvalue weighted by atomic mass is 16.5. The molecule has 6 N–H and O–H groups in total. The molecule has 0 unspecified atom stereocenters. The van der Waals surface area contributed by atoms with E-state index in [2.05, 4.69) is 37.7 Å². The Morgan fingerprint density at radius 2 is 1.71 bits per heavy atom. The van der Waals surface area contributed by atoms with E-state index in [4.69, 9.17) is 20.9 Å². The summed E-state index contributed by atoms with van der Waals surface area (Å²) in [5.74, 6) is -0.605. The molecule has 0 bridgehead atoms. The van der Waals surface area contributed by atoms with Gasteiger partial charge in [0.05, 0.1) is 12.9 Å². The normalized spacial score (nSPS) is 12.0. The number of esters is 1. The molecule has 0 aliphatic heterocycles. The largest absolute Gasteiger partial charge is 0.465 e. The van der Waals surface area contributed by atoms with Crippen LogP contribution in [0.5, 0.6) is 0 Å². The van der Waals surface area contributed by atoms with Crippen LogP contribution in [0.3, 0.4) is 0 Å². The molecule has 14 heteroatoms. The number of aromatic nitrogens is 4. The first-order valence-electron chi connectivity index (χ1n) is 14.8. The maximum Gasteiger partial charge on any atom is 0.407 e. The Kier molecular flexibility index (Phi) is 10.0. The SMILES string of the molecule is CCOC(=O)CN(CCNC(=O)OCC1c2ccccc2-c2ccccc21)C(=O)Cn1cnc2c(N)nc(NCCCN)nc21. The fourth-order valence-electron chi connectivity index (χ4n) is 5.31. The smallest absolute Gasteiger partial charge is 0.407 e. The predicted molar refractivity (Wildman–Crippen MR) is 168 cm³/mol. The predicted octanol–water partition coefficient (Wildman–Crippen LogP) is 2.10. The molecule has 5 rings (SSSR count). The summed E-state index contributed by atoms with van der Waals surface area (Å²) in [5.41, 5.74) is 16.8. The van der Waals surface area contributed by atoms with E-state index in [1.54, 1.807) is 6.92 Å². The number of benzene rings is 2. The van der Waals surface area contributed by atoms with E-state index in [0.717, 1.165) is 22.3 Å². The number of nitrogens with one attached hydrogen (secondary N) is 2. The van der Waals surface area contributed by atoms with Crippen molar-refractivity contribution in [3.63, 3.8) is 0 Å². The Balaban J connectivity index is 1.20. The number of imidazole rings is 1. The first kappa shape index (κ1) is 31.2. The molecule has 0 saturated heterocycles. The number of amides is 2. The van der Waals surface area contributed by atoms with Gasteiger partial charge < -0.3 is 41.0 Å². The number of fused-ring (bicyclic) bond motifs is 4. The highest BCUT2D eigenvalue weighted by Gasteiger charge is 2.29. The van der Waals surface area contributed by atoms with Gasteiger partial charge in [0.15, 0.2) is 11.5 Å². The van der Waals surface area contributed by atoms with E-state index in [-0.39, 0.29) is 51.1 Å². The van der Waals surface area contributed by atoms with Gasteiger partial charge in [-0.3, -0.25) is 9.59 Å². The van der Waals surface area contributed by atoms with Crippen molar-refractivity contribution in [2.24, 2.45) is 5.73 Å². The van der Waals surface area contributed by atoms with Gasteiger partial charge in [-0.05, 0) is 42.1 Å². The lowest BCUT2D eigenvalue weighted by molar-refractivity contribution is -0.149. The fraction of sp³-hybridized carbons (Fsp3) is 0.355. The highest BCUT2D eigenvalue weighted by Crippen LogP contribution is 2.44. The van der Waals surface area contributed by atoms with Crippen LogP contribution in [0.4, 0.5) is 16.6 Å². The van der Waals surface area contributed by atoms with Crippen molar-refractivity contribution in [2.75, 3.05) is 57.0 Å². The molecule has 2 amide bonds. The molecule has 14 nitrogen and oxygen atoms in total. The number of hydrogen-bond acceptors (Lipinski definition) is 11. The zero-order valence-corrected chi connectivity index (χ0v) is 25.1. The number of alkyl carbamates (subject to hydrolysis) is 1. The highest BCUT2D eigenvalue weighted by molar-refractivity contribution is 5.86. The van der Waals surface area contributed by atoms with Crippen LogP contribution in [0, 0.1) is 0 Å². The van der Waals surface area contributed by atoms with Crippen LogP contribution in [-0.2, 0) is 25.6 Å². The number of carbonyl (C=O) groups is 3. The van der Waals surface area contributed by atoms with Crippen molar-refractivity contribution in [3.05, 3.63) is 66.0 Å². The summed E-state index contributed by atoms with van der Waals surface area (Å²) in [5, 5.41) is 5.75. The van der Waals surface area contributed by atoms with E-state index in [9.17, 15) is 14.4 Å². The van der Waals surface area contributed by atoms with E-state index >= 15 is 0 Å². The lowest BCUT2D eigenvalue weighted by Gasteiger charge is -2.22. The van der Waals surface area contributed by atoms with Crippen LogP contribution in [0.15, 0.2) is 54.9 Å². The summed E-state index contributed by atoms with van der Waals surface area (Å²) in [4.78, 5) is 52.6. The van der Waals surface area contributed by atoms with Gasteiger partial charge in [0.1, 0.15) is 25.2 Å². The molecule has 1 aliphatic rings. The molecule has 2 aromatic carbocycles. The second-order valence-electron chi connectivity index (χ2n) is 10.4. The molecule has 0 spiro atoms. The Hall–Kier alpha value is -5.24. The van der Waals surface area contributed by atoms with Crippen molar-refractivity contribution in [3.8, 4) is 11.1 Å². The lowest BCUT2D eigenvalue weighted by Crippen LogP contribution is -2.43. The van der Waals surface area contributed by atoms with Crippen LogP contribution < -0.4 is 22.1 Å². The molecule has 0 saturated carbocycles. The number of carbonyl (C=O) groups excluding carboxylic acids is 3. The molecule has 0 radical (unpaired) electrons. The van der Waals surface area contributed by atoms with Gasteiger partial charge in [-0.1, -0.05) is 48.5 Å². The van der Waals surface area contributed by atoms with Crippen molar-refractivity contribution in [1.82, 2.24) is 29.7 Å². The van der Waals surface area contributed by atoms with Gasteiger partial charge >= 0.3 is 12.1 Å². The molecule has 2 aromatic heterocycles. The van der Waals surface area contributed by atoms with Gasteiger partial charge in [-0.25, -0.2) is 9.78 Å². The van der Waals surface area contributed by atoms with E-state index in [1.165, 1.54) is 15.8 Å². The summed E-state index contributed by atoms with van der Waals surface area (Å²) in [7, 11) is 0. The summed E-state index contributed by atoms with van der Waals surface area (Å²) in [6, 6.07) is 16.2. The van der Waals surface area contributed by atoms with Crippen molar-refractivity contribution in [2.45, 2.75) is 25.8 Å². The minimum atomic E-state index is -0.622. The van der Waals surface area contributed by atoms with Crippen molar-refractivity contribution >= 4 is 40.9 Å². The number of rotatable bonds is 14. The molecular weight excluding hydrogens is 578 g/mol. The standard InChI is InChI=1S/C31H37N9O5/c1-2-44-26(42)17-39(25(41)16-40-19-36-27-28(33)37-30(38-29(27)40)34-13-7-12-32)15-14-35-31(43)45-18-24-22-10-5-3-8-20(22)21-9-4-6-11-23(21)24/h3-6,8-11,19,24H,2,7,12-18,32H2,1H3,(H,35,43)(H3,33,34,37,38). The fourth-order valence-corrected chi connectivity index (χ4v) is 5.31. The van der Waals surface area contributed by atoms with Crippen LogP contribution >= 0.6 is 0 Å². The number of ether oxygens (including phenoxy) is 2. The maximum absolute atomic E-state index is 13.4. The van der Waals surface area contributed by atoms with Gasteiger partial charge in [0, 0.05) is 25.6 Å². The number of nitrogen functional groups attached to an aromatic ring is 1. The first-order valence-corrected chi connectivity index (χ1v) is 14.8. The summed E-state index contributed by atoms with van der Waals surface area (Å²) >= 11 is 0. The number of hydrogen-bond donors (Lipinski definition) is 4. The third-order valence-electron chi connectivity index (χ3n) is 7.43. The van der Waals surface area contributed by atoms with E-state index < -0.39 is 18.0 Å². The van der Waals surface area contributed by atoms with E-state index in [1.807, 2.05) is 36.4 Å². The maximum atomic E-state index is 13.4. The van der Waals surface area contributed by atoms with Gasteiger partial charge in [-0.2, -0.15) is 9.97 Å². The number of nitrogens with zero attached hydrogens (tertiary/aromatic N) is 5.